The van der Waals surface area contributed by atoms with Crippen LogP contribution in [0, 0.1) is 0 Å². The van der Waals surface area contributed by atoms with E-state index < -0.39 is 0 Å². The van der Waals surface area contributed by atoms with E-state index in [2.05, 4.69) is 38.9 Å². The van der Waals surface area contributed by atoms with Crippen LogP contribution in [0.2, 0.25) is 0 Å². The van der Waals surface area contributed by atoms with E-state index in [1.165, 1.54) is 14.2 Å². The number of thiocarbonyl (C=S) groups is 2. The number of aromatic nitrogens is 1. The minimum atomic E-state index is 0. The molecule has 0 atom stereocenters. The SMILES string of the molecule is COC(N)=S.COC(N)=S.[Fe].c1cscn1. The number of nitrogens with zero attached hydrogens (tertiary/aromatic N) is 1. The van der Waals surface area contributed by atoms with Crippen molar-refractivity contribution in [1.29, 1.82) is 0 Å². The van der Waals surface area contributed by atoms with Gasteiger partial charge in [-0.25, -0.2) is 0 Å². The van der Waals surface area contributed by atoms with Gasteiger partial charge < -0.3 is 20.9 Å². The van der Waals surface area contributed by atoms with Crippen LogP contribution in [-0.2, 0) is 26.5 Å². The van der Waals surface area contributed by atoms with Gasteiger partial charge in [-0.15, -0.1) is 11.3 Å². The van der Waals surface area contributed by atoms with E-state index in [9.17, 15) is 0 Å². The van der Waals surface area contributed by atoms with E-state index in [4.69, 9.17) is 11.5 Å². The molecule has 94 valence electrons. The maximum atomic E-state index is 4.80. The van der Waals surface area contributed by atoms with E-state index in [-0.39, 0.29) is 27.4 Å². The van der Waals surface area contributed by atoms with Crippen LogP contribution in [0.3, 0.4) is 0 Å². The first-order valence-corrected chi connectivity index (χ1v) is 5.29. The van der Waals surface area contributed by atoms with Crippen LogP contribution < -0.4 is 11.5 Å². The van der Waals surface area contributed by atoms with Crippen molar-refractivity contribution in [1.82, 2.24) is 4.98 Å². The second kappa shape index (κ2) is 16.9. The molecule has 0 aliphatic rings. The summed E-state index contributed by atoms with van der Waals surface area (Å²) in [6.07, 6.45) is 1.77. The number of hydrogen-bond acceptors (Lipinski definition) is 6. The second-order valence-corrected chi connectivity index (χ2v) is 3.28. The summed E-state index contributed by atoms with van der Waals surface area (Å²) in [5.74, 6) is 0. The van der Waals surface area contributed by atoms with E-state index in [0.717, 1.165) is 0 Å². The minimum absolute atomic E-state index is 0. The molecule has 0 fully saturated rings. The maximum Gasteiger partial charge on any atom is 0.253 e. The van der Waals surface area contributed by atoms with Gasteiger partial charge in [0, 0.05) is 28.6 Å². The number of ether oxygens (including phenoxy) is 2. The maximum absolute atomic E-state index is 4.80. The molecule has 1 rings (SSSR count). The molecule has 0 radical (unpaired) electrons. The summed E-state index contributed by atoms with van der Waals surface area (Å²) in [4.78, 5) is 3.74. The molecule has 0 bridgehead atoms. The third-order valence-corrected chi connectivity index (χ3v) is 1.61. The van der Waals surface area contributed by atoms with Gasteiger partial charge in [0.05, 0.1) is 19.7 Å². The Hall–Kier alpha value is -0.471. The molecule has 5 nitrogen and oxygen atoms in total. The van der Waals surface area contributed by atoms with Crippen molar-refractivity contribution in [2.24, 2.45) is 11.5 Å². The van der Waals surface area contributed by atoms with Gasteiger partial charge in [0.25, 0.3) is 10.3 Å². The zero-order valence-electron chi connectivity index (χ0n) is 8.73. The molecular formula is C7H13FeN3O2S3. The summed E-state index contributed by atoms with van der Waals surface area (Å²) in [6.45, 7) is 0. The van der Waals surface area contributed by atoms with Crippen LogP contribution in [0.5, 0.6) is 0 Å². The molecule has 0 amide bonds. The Morgan fingerprint density at radius 3 is 1.62 bits per heavy atom. The molecule has 1 heterocycles. The van der Waals surface area contributed by atoms with Crippen molar-refractivity contribution in [3.05, 3.63) is 17.1 Å². The molecule has 9 heteroatoms. The fourth-order valence-corrected chi connectivity index (χ4v) is 0.527. The molecule has 0 unspecified atom stereocenters. The zero-order valence-corrected chi connectivity index (χ0v) is 12.3. The second-order valence-electron chi connectivity index (χ2n) is 1.72. The number of nitrogens with two attached hydrogens (primary N) is 2. The van der Waals surface area contributed by atoms with Gasteiger partial charge in [0.1, 0.15) is 0 Å². The summed E-state index contributed by atoms with van der Waals surface area (Å²) in [5, 5.41) is 2.11. The molecule has 1 aromatic rings. The Bertz CT molecular complexity index is 228. The fourth-order valence-electron chi connectivity index (χ4n) is 0.176. The number of methoxy groups -OCH3 is 2. The van der Waals surface area contributed by atoms with Crippen molar-refractivity contribution < 1.29 is 26.5 Å². The third-order valence-electron chi connectivity index (χ3n) is 0.750. The van der Waals surface area contributed by atoms with Crippen LogP contribution in [0.1, 0.15) is 0 Å². The first-order chi connectivity index (χ1) is 7.04. The van der Waals surface area contributed by atoms with E-state index in [1.807, 2.05) is 5.38 Å². The van der Waals surface area contributed by atoms with Gasteiger partial charge in [0.15, 0.2) is 0 Å². The molecule has 0 aromatic carbocycles. The topological polar surface area (TPSA) is 83.4 Å². The predicted molar refractivity (Wildman–Crippen MR) is 69.7 cm³/mol. The largest absolute Gasteiger partial charge is 0.475 e. The van der Waals surface area contributed by atoms with Crippen LogP contribution in [-0.4, -0.2) is 29.6 Å². The first-order valence-electron chi connectivity index (χ1n) is 3.53. The molecule has 4 N–H and O–H groups in total. The Morgan fingerprint density at radius 1 is 1.19 bits per heavy atom. The summed E-state index contributed by atoms with van der Waals surface area (Å²) < 4.78 is 8.52. The molecule has 1 aromatic heterocycles. The minimum Gasteiger partial charge on any atom is -0.475 e. The average molecular weight is 323 g/mol. The van der Waals surface area contributed by atoms with Gasteiger partial charge in [-0.3, -0.25) is 4.98 Å². The predicted octanol–water partition coefficient (Wildman–Crippen LogP) is 0.893. The van der Waals surface area contributed by atoms with E-state index in [1.54, 1.807) is 23.0 Å². The van der Waals surface area contributed by atoms with Crippen LogP contribution in [0.15, 0.2) is 17.1 Å². The smallest absolute Gasteiger partial charge is 0.253 e. The standard InChI is InChI=1S/C3H3NS.2C2H5NOS.Fe/c1-2-5-3-4-1;2*1-4-2(3)5;/h1-3H;2*1H3,(H2,3,5);. The quantitative estimate of drug-likeness (QED) is 0.542. The number of rotatable bonds is 0. The van der Waals surface area contributed by atoms with Crippen molar-refractivity contribution >= 4 is 46.1 Å². The molecule has 0 saturated carbocycles. The Labute approximate surface area is 120 Å². The first kappa shape index (κ1) is 20.9. The van der Waals surface area contributed by atoms with Gasteiger partial charge >= 0.3 is 0 Å². The number of hydrogen-bond donors (Lipinski definition) is 2. The van der Waals surface area contributed by atoms with Crippen molar-refractivity contribution in [3.8, 4) is 0 Å². The molecule has 0 spiro atoms. The van der Waals surface area contributed by atoms with Gasteiger partial charge in [0.2, 0.25) is 0 Å². The third kappa shape index (κ3) is 29.2. The summed E-state index contributed by atoms with van der Waals surface area (Å²) in [6, 6.07) is 0. The van der Waals surface area contributed by atoms with Gasteiger partial charge in [-0.2, -0.15) is 0 Å². The van der Waals surface area contributed by atoms with E-state index >= 15 is 0 Å². The zero-order chi connectivity index (χ0) is 12.1. The summed E-state index contributed by atoms with van der Waals surface area (Å²) >= 11 is 10.1. The number of thiazole rings is 1. The van der Waals surface area contributed by atoms with Crippen molar-refractivity contribution in [3.63, 3.8) is 0 Å². The van der Waals surface area contributed by atoms with Gasteiger partial charge in [-0.05, 0) is 24.4 Å². The van der Waals surface area contributed by atoms with Crippen molar-refractivity contribution in [2.75, 3.05) is 14.2 Å². The fraction of sp³-hybridized carbons (Fsp3) is 0.286. The van der Waals surface area contributed by atoms with Crippen LogP contribution in [0.4, 0.5) is 0 Å². The molecule has 0 aliphatic heterocycles. The molecule has 0 saturated heterocycles. The molecular weight excluding hydrogens is 310 g/mol. The van der Waals surface area contributed by atoms with Crippen LogP contribution >= 0.6 is 35.8 Å². The average Bonchev–Trinajstić information content (AvgIpc) is 2.76. The Morgan fingerprint density at radius 2 is 1.56 bits per heavy atom. The summed E-state index contributed by atoms with van der Waals surface area (Å²) in [7, 11) is 2.87. The summed E-state index contributed by atoms with van der Waals surface area (Å²) in [5.41, 5.74) is 11.4. The molecule has 0 aliphatic carbocycles. The Balaban J connectivity index is -0.000000154. The van der Waals surface area contributed by atoms with E-state index in [0.29, 0.717) is 0 Å². The van der Waals surface area contributed by atoms with Gasteiger partial charge in [-0.1, -0.05) is 0 Å². The monoisotopic (exact) mass is 323 g/mol. The molecule has 16 heavy (non-hydrogen) atoms. The van der Waals surface area contributed by atoms with Crippen LogP contribution in [0.25, 0.3) is 0 Å². The normalized spacial score (nSPS) is 6.62. The Kier molecular flexibility index (Phi) is 22.1. The van der Waals surface area contributed by atoms with Crippen molar-refractivity contribution in [2.45, 2.75) is 0 Å².